The summed E-state index contributed by atoms with van der Waals surface area (Å²) in [5.41, 5.74) is 6.99. The van der Waals surface area contributed by atoms with Gasteiger partial charge in [0.25, 0.3) is 23.5 Å². The summed E-state index contributed by atoms with van der Waals surface area (Å²) in [6.07, 6.45) is -7.50. The summed E-state index contributed by atoms with van der Waals surface area (Å²) in [5, 5.41) is 14.6. The molecule has 1 aromatic heterocycles. The molecular formula is C84H72F3N11O8. The number of carbonyl (C=O) groups is 4. The third-order valence-corrected chi connectivity index (χ3v) is 21.4. The maximum Gasteiger partial charge on any atom is 0.451 e. The minimum Gasteiger partial charge on any atom is -0.466 e. The topological polar surface area (TPSA) is 210 Å². The average molecular weight is 1420 g/mol. The molecule has 0 radical (unpaired) electrons. The summed E-state index contributed by atoms with van der Waals surface area (Å²) in [5.74, 6) is -1.86. The summed E-state index contributed by atoms with van der Waals surface area (Å²) in [7, 11) is 0. The molecule has 0 spiro atoms. The van der Waals surface area contributed by atoms with E-state index in [9.17, 15) is 18.0 Å². The van der Waals surface area contributed by atoms with Crippen LogP contribution < -0.4 is 0 Å². The number of H-pyrrole nitrogens is 1. The van der Waals surface area contributed by atoms with Gasteiger partial charge in [-0.25, -0.2) is 20.1 Å². The Kier molecular flexibility index (Phi) is 17.6. The summed E-state index contributed by atoms with van der Waals surface area (Å²) in [6.45, 7) is 2.93. The predicted molar refractivity (Wildman–Crippen MR) is 389 cm³/mol. The van der Waals surface area contributed by atoms with Crippen molar-refractivity contribution in [2.24, 2.45) is 15.0 Å². The predicted octanol–water partition coefficient (Wildman–Crippen LogP) is 11.8. The number of nitrogens with zero attached hydrogens (tertiary/aromatic N) is 10. The molecule has 1 fully saturated rings. The molecule has 1 N–H and O–H groups in total. The number of nitrogens with one attached hydrogen (secondary N) is 1. The minimum atomic E-state index is -5.21. The zero-order valence-corrected chi connectivity index (χ0v) is 57.6. The molecule has 10 aromatic rings. The van der Waals surface area contributed by atoms with Crippen molar-refractivity contribution in [3.63, 3.8) is 0 Å². The number of morpholine rings is 1. The Morgan fingerprint density at radius 1 is 0.443 bits per heavy atom. The van der Waals surface area contributed by atoms with Crippen LogP contribution in [-0.4, -0.2) is 157 Å². The number of hydrogen-bond acceptors (Lipinski definition) is 15. The second kappa shape index (κ2) is 27.7. The molecule has 0 aliphatic carbocycles. The van der Waals surface area contributed by atoms with E-state index in [1.54, 1.807) is 18.2 Å². The van der Waals surface area contributed by atoms with Crippen molar-refractivity contribution in [3.05, 3.63) is 303 Å². The lowest BCUT2D eigenvalue weighted by Crippen LogP contribution is -2.52. The van der Waals surface area contributed by atoms with Crippen LogP contribution in [-0.2, 0) is 83.4 Å². The first kappa shape index (κ1) is 67.4. The molecule has 532 valence electrons. The van der Waals surface area contributed by atoms with Crippen molar-refractivity contribution in [2.45, 2.75) is 86.4 Å². The number of aromatic amines is 1. The molecule has 9 aromatic carbocycles. The van der Waals surface area contributed by atoms with Gasteiger partial charge in [0.05, 0.1) is 19.8 Å². The van der Waals surface area contributed by atoms with E-state index in [0.717, 1.165) is 73.6 Å². The van der Waals surface area contributed by atoms with E-state index in [1.165, 1.54) is 0 Å². The number of rotatable bonds is 19. The van der Waals surface area contributed by atoms with Crippen LogP contribution >= 0.6 is 0 Å². The Labute approximate surface area is 609 Å². The minimum absolute atomic E-state index is 0.0553. The Bertz CT molecular complexity index is 5120. The number of hydrogen-bond donors (Lipinski definition) is 1. The molecule has 19 nitrogen and oxygen atoms in total. The van der Waals surface area contributed by atoms with E-state index in [1.807, 2.05) is 198 Å². The molecule has 3 amide bonds. The van der Waals surface area contributed by atoms with E-state index < -0.39 is 59.3 Å². The Hall–Kier alpha value is -11.8. The van der Waals surface area contributed by atoms with Gasteiger partial charge in [0.2, 0.25) is 17.7 Å². The van der Waals surface area contributed by atoms with Gasteiger partial charge in [-0.2, -0.15) is 13.2 Å². The lowest BCUT2D eigenvalue weighted by atomic mass is 9.80. The maximum absolute atomic E-state index is 16.5. The first-order chi connectivity index (χ1) is 51.7. The standard InChI is InChI=1S/C84H72F3N11O8/c85-84(86,87)70(99)53-98-52-66-34-32-63(46-69(66)73-81(80(98)102,47-54-17-5-1-6-18-54)88-76(105-73)58-23-9-3-10-24-58)61-29-16-20-56(44-61)49-83-74(106-77(90-83)59-25-11-4-12-26-59)68-45-62(31-33-65(68)51-97(79(83)101)38-37-95-39-41-103-42-40-95)60-28-15-19-55(43-60)48-82-72(104-75(89-82)57-21-7-2-8-22-57)67-30-14-13-27-64(67)50-96(78(82)100)36-35-71-91-93-94-92-71/h1-34,43-46,72-74H,35-42,47-53H2,(H,91,92,93,94)/t72-,73-,74-,81-,82-,83-/m0/s1. The number of fused-ring (bicyclic) bond motifs is 9. The lowest BCUT2D eigenvalue weighted by Gasteiger charge is -2.34. The number of ketones is 1. The molecule has 8 heterocycles. The molecule has 22 heteroatoms. The van der Waals surface area contributed by atoms with Gasteiger partial charge >= 0.3 is 6.18 Å². The third-order valence-electron chi connectivity index (χ3n) is 21.4. The van der Waals surface area contributed by atoms with Gasteiger partial charge in [-0.3, -0.25) is 24.1 Å². The average Bonchev–Trinajstić information content (AvgIpc) is 1.58. The number of benzene rings is 9. The second-order valence-corrected chi connectivity index (χ2v) is 28.1. The number of amides is 3. The van der Waals surface area contributed by atoms with Crippen LogP contribution in [0.25, 0.3) is 22.3 Å². The monoisotopic (exact) mass is 1420 g/mol. The van der Waals surface area contributed by atoms with Crippen LogP contribution in [0.2, 0.25) is 0 Å². The van der Waals surface area contributed by atoms with Gasteiger partial charge in [0.1, 0.15) is 5.82 Å². The number of Topliss-reactive ketones (excluding diaryl/α,β-unsaturated/α-hetero) is 1. The van der Waals surface area contributed by atoms with E-state index in [4.69, 9.17) is 33.9 Å². The summed E-state index contributed by atoms with van der Waals surface area (Å²) < 4.78 is 69.7. The molecule has 7 aliphatic heterocycles. The molecule has 0 bridgehead atoms. The van der Waals surface area contributed by atoms with E-state index >= 15 is 14.4 Å². The molecule has 1 saturated heterocycles. The SMILES string of the molecule is O=C(CN1Cc2ccc(-c3cccc(C[C@]45N=C(c6ccccc6)O[C@H]4c4cc(-c6cccc(C[C@]78N=C(c9ccccc9)O[C@H]7c7ccccc7CN(CCc7nnn[nH]7)C8=O)c6)ccc4CN(CCN4CCOCC4)C5=O)c3)cc2[C@@H]2OC(c3ccccc3)=N[C@]2(Cc2ccccc2)C1=O)C(F)(F)F. The van der Waals surface area contributed by atoms with Crippen molar-refractivity contribution >= 4 is 41.2 Å². The zero-order chi connectivity index (χ0) is 72.2. The Morgan fingerprint density at radius 3 is 1.36 bits per heavy atom. The highest BCUT2D eigenvalue weighted by atomic mass is 19.4. The quantitative estimate of drug-likeness (QED) is 0.0802. The Morgan fingerprint density at radius 2 is 0.858 bits per heavy atom. The van der Waals surface area contributed by atoms with Crippen LogP contribution in [0.3, 0.4) is 0 Å². The molecule has 0 unspecified atom stereocenters. The largest absolute Gasteiger partial charge is 0.466 e. The van der Waals surface area contributed by atoms with Crippen LogP contribution in [0, 0.1) is 0 Å². The lowest BCUT2D eigenvalue weighted by molar-refractivity contribution is -0.173. The first-order valence-electron chi connectivity index (χ1n) is 35.7. The summed E-state index contributed by atoms with van der Waals surface area (Å²) in [4.78, 5) is 83.8. The fraction of sp³-hybridized carbons (Fsp3) is 0.262. The Balaban J connectivity index is 0.759. The molecule has 0 saturated carbocycles. The third kappa shape index (κ3) is 12.7. The molecule has 17 rings (SSSR count). The fourth-order valence-electron chi connectivity index (χ4n) is 16.2. The van der Waals surface area contributed by atoms with E-state index in [-0.39, 0.29) is 50.1 Å². The number of aromatic nitrogens is 4. The highest BCUT2D eigenvalue weighted by Gasteiger charge is 2.60. The molecule has 106 heavy (non-hydrogen) atoms. The maximum atomic E-state index is 16.5. The van der Waals surface area contributed by atoms with Crippen molar-refractivity contribution < 1.29 is 51.3 Å². The van der Waals surface area contributed by atoms with Crippen LogP contribution in [0.1, 0.15) is 90.9 Å². The van der Waals surface area contributed by atoms with Crippen LogP contribution in [0.15, 0.2) is 245 Å². The first-order valence-corrected chi connectivity index (χ1v) is 35.7. The highest BCUT2D eigenvalue weighted by Crippen LogP contribution is 2.52. The van der Waals surface area contributed by atoms with Crippen LogP contribution in [0.4, 0.5) is 13.2 Å². The number of alkyl halides is 3. The summed E-state index contributed by atoms with van der Waals surface area (Å²) >= 11 is 0. The normalized spacial score (nSPS) is 22.5. The van der Waals surface area contributed by atoms with E-state index in [0.29, 0.717) is 96.8 Å². The van der Waals surface area contributed by atoms with Gasteiger partial charge in [0, 0.05) is 111 Å². The fourth-order valence-corrected chi connectivity index (χ4v) is 16.2. The molecule has 6 atom stereocenters. The number of carbonyl (C=O) groups excluding carboxylic acids is 4. The summed E-state index contributed by atoms with van der Waals surface area (Å²) in [6, 6.07) is 73.3. The van der Waals surface area contributed by atoms with Gasteiger partial charge in [-0.15, -0.1) is 5.10 Å². The van der Waals surface area contributed by atoms with E-state index in [2.05, 4.69) is 49.8 Å². The molecule has 7 aliphatic rings. The van der Waals surface area contributed by atoms with Crippen molar-refractivity contribution in [1.82, 2.24) is 40.2 Å². The number of tetrazole rings is 1. The van der Waals surface area contributed by atoms with Crippen LogP contribution in [0.5, 0.6) is 0 Å². The second-order valence-electron chi connectivity index (χ2n) is 28.1. The van der Waals surface area contributed by atoms with Crippen molar-refractivity contribution in [1.29, 1.82) is 0 Å². The van der Waals surface area contributed by atoms with Gasteiger partial charge in [-0.05, 0) is 115 Å². The number of ether oxygens (including phenoxy) is 4. The highest BCUT2D eigenvalue weighted by molar-refractivity contribution is 6.04. The van der Waals surface area contributed by atoms with Gasteiger partial charge < -0.3 is 33.6 Å². The van der Waals surface area contributed by atoms with Crippen molar-refractivity contribution in [3.8, 4) is 22.3 Å². The number of halogens is 3. The number of aliphatic imine (C=N–C) groups is 3. The van der Waals surface area contributed by atoms with Crippen molar-refractivity contribution in [2.75, 3.05) is 52.5 Å². The van der Waals surface area contributed by atoms with Gasteiger partial charge in [-0.1, -0.05) is 182 Å². The molecular weight excluding hydrogens is 1350 g/mol. The smallest absolute Gasteiger partial charge is 0.451 e. The zero-order valence-electron chi connectivity index (χ0n) is 57.6. The van der Waals surface area contributed by atoms with Gasteiger partial charge in [0.15, 0.2) is 34.9 Å².